The van der Waals surface area contributed by atoms with Crippen molar-refractivity contribution in [3.05, 3.63) is 46.9 Å². The van der Waals surface area contributed by atoms with Crippen LogP contribution in [0, 0.1) is 0 Å². The molecule has 2 aromatic rings. The van der Waals surface area contributed by atoms with Gasteiger partial charge in [-0.2, -0.15) is 0 Å². The van der Waals surface area contributed by atoms with Crippen LogP contribution in [0.4, 0.5) is 11.4 Å². The Hall–Kier alpha value is -1.51. The number of nitrogens with one attached hydrogen (secondary N) is 1. The van der Waals surface area contributed by atoms with Crippen molar-refractivity contribution in [1.82, 2.24) is 0 Å². The number of halogens is 1. The number of anilines is 2. The Morgan fingerprint density at radius 1 is 1.28 bits per heavy atom. The fraction of sp³-hybridized carbons (Fsp3) is 0.235. The average Bonchev–Trinajstić information content (AvgIpc) is 2.53. The van der Waals surface area contributed by atoms with E-state index in [0.29, 0.717) is 17.9 Å². The van der Waals surface area contributed by atoms with E-state index in [0.717, 1.165) is 9.37 Å². The first-order valence-electron chi connectivity index (χ1n) is 7.63. The van der Waals surface area contributed by atoms with Crippen molar-refractivity contribution in [3.63, 3.8) is 0 Å². The maximum absolute atomic E-state index is 12.7. The number of hydrogen-bond acceptors (Lipinski definition) is 4. The van der Waals surface area contributed by atoms with E-state index in [9.17, 15) is 13.2 Å². The number of nitrogens with zero attached hydrogens (tertiary/aromatic N) is 1. The molecule has 1 unspecified atom stereocenters. The van der Waals surface area contributed by atoms with Crippen molar-refractivity contribution >= 4 is 55.0 Å². The molecule has 0 saturated carbocycles. The van der Waals surface area contributed by atoms with E-state index < -0.39 is 10.0 Å². The number of carbonyl (C=O) groups is 1. The molecule has 1 aliphatic rings. The number of rotatable bonds is 3. The summed E-state index contributed by atoms with van der Waals surface area (Å²) < 4.78 is 28.8. The van der Waals surface area contributed by atoms with Crippen LogP contribution in [0.5, 0.6) is 0 Å². The third-order valence-corrected chi connectivity index (χ3v) is 6.78. The van der Waals surface area contributed by atoms with Crippen molar-refractivity contribution in [2.75, 3.05) is 16.2 Å². The third-order valence-electron chi connectivity index (χ3n) is 3.76. The van der Waals surface area contributed by atoms with Gasteiger partial charge in [-0.15, -0.1) is 11.8 Å². The number of hydrogen-bond donors (Lipinski definition) is 1. The summed E-state index contributed by atoms with van der Waals surface area (Å²) in [5.41, 5.74) is 1.12. The van der Waals surface area contributed by atoms with E-state index >= 15 is 0 Å². The number of amides is 1. The van der Waals surface area contributed by atoms with E-state index in [-0.39, 0.29) is 16.1 Å². The van der Waals surface area contributed by atoms with Gasteiger partial charge in [-0.1, -0.05) is 28.9 Å². The molecule has 0 bridgehead atoms. The molecule has 1 amide bonds. The Morgan fingerprint density at radius 3 is 2.72 bits per heavy atom. The molecule has 1 atom stereocenters. The first-order valence-corrected chi connectivity index (χ1v) is 10.8. The summed E-state index contributed by atoms with van der Waals surface area (Å²) in [6.07, 6.45) is 0. The number of thioether (sulfide) groups is 1. The van der Waals surface area contributed by atoms with Gasteiger partial charge in [0.25, 0.3) is 10.0 Å². The zero-order valence-corrected chi connectivity index (χ0v) is 16.9. The van der Waals surface area contributed by atoms with Crippen LogP contribution in [-0.2, 0) is 14.8 Å². The number of benzene rings is 2. The molecular formula is C17H17BrN2O3S2. The molecule has 25 heavy (non-hydrogen) atoms. The van der Waals surface area contributed by atoms with Crippen LogP contribution < -0.4 is 9.62 Å². The molecule has 3 rings (SSSR count). The monoisotopic (exact) mass is 440 g/mol. The molecule has 8 heteroatoms. The second-order valence-electron chi connectivity index (χ2n) is 5.80. The van der Waals surface area contributed by atoms with Crippen LogP contribution in [0.2, 0.25) is 0 Å². The minimum atomic E-state index is -3.74. The lowest BCUT2D eigenvalue weighted by atomic mass is 10.2. The van der Waals surface area contributed by atoms with E-state index in [1.807, 2.05) is 13.0 Å². The first kappa shape index (κ1) is 18.3. The highest BCUT2D eigenvalue weighted by Gasteiger charge is 2.27. The van der Waals surface area contributed by atoms with Gasteiger partial charge >= 0.3 is 0 Å². The lowest BCUT2D eigenvalue weighted by Crippen LogP contribution is -2.37. The Bertz CT molecular complexity index is 931. The molecule has 1 heterocycles. The largest absolute Gasteiger partial charge is 0.310 e. The van der Waals surface area contributed by atoms with Crippen LogP contribution in [0.25, 0.3) is 0 Å². The van der Waals surface area contributed by atoms with E-state index in [4.69, 9.17) is 0 Å². The molecule has 5 nitrogen and oxygen atoms in total. The lowest BCUT2D eigenvalue weighted by Gasteiger charge is -2.32. The average molecular weight is 441 g/mol. The summed E-state index contributed by atoms with van der Waals surface area (Å²) in [6.45, 7) is 4.10. The summed E-state index contributed by atoms with van der Waals surface area (Å²) in [4.78, 5) is 14.6. The second-order valence-corrected chi connectivity index (χ2v) is 9.88. The summed E-state index contributed by atoms with van der Waals surface area (Å²) in [7, 11) is -3.74. The van der Waals surface area contributed by atoms with Gasteiger partial charge in [0.15, 0.2) is 0 Å². The van der Waals surface area contributed by atoms with Gasteiger partial charge in [-0.25, -0.2) is 8.42 Å². The Balaban J connectivity index is 1.98. The highest BCUT2D eigenvalue weighted by Crippen LogP contribution is 2.39. The smallest absolute Gasteiger partial charge is 0.261 e. The van der Waals surface area contributed by atoms with Crippen molar-refractivity contribution in [3.8, 4) is 0 Å². The fourth-order valence-corrected chi connectivity index (χ4v) is 5.21. The minimum Gasteiger partial charge on any atom is -0.310 e. The van der Waals surface area contributed by atoms with Crippen LogP contribution in [0.15, 0.2) is 56.7 Å². The summed E-state index contributed by atoms with van der Waals surface area (Å²) in [5.74, 6) is -0.0945. The topological polar surface area (TPSA) is 66.5 Å². The van der Waals surface area contributed by atoms with Crippen molar-refractivity contribution in [2.24, 2.45) is 0 Å². The Labute approximate surface area is 160 Å². The quantitative estimate of drug-likeness (QED) is 0.779. The molecule has 1 aliphatic heterocycles. The molecule has 0 radical (unpaired) electrons. The van der Waals surface area contributed by atoms with Crippen LogP contribution in [0.1, 0.15) is 13.8 Å². The van der Waals surface area contributed by atoms with E-state index in [2.05, 4.69) is 20.7 Å². The molecule has 0 spiro atoms. The number of sulfonamides is 1. The van der Waals surface area contributed by atoms with Gasteiger partial charge in [0.1, 0.15) is 0 Å². The fourth-order valence-electron chi connectivity index (χ4n) is 2.65. The molecular weight excluding hydrogens is 424 g/mol. The highest BCUT2D eigenvalue weighted by atomic mass is 79.9. The first-order chi connectivity index (χ1) is 11.8. The maximum atomic E-state index is 12.7. The van der Waals surface area contributed by atoms with E-state index in [1.165, 1.54) is 6.92 Å². The molecule has 0 saturated heterocycles. The predicted molar refractivity (Wildman–Crippen MR) is 105 cm³/mol. The molecule has 1 N–H and O–H groups in total. The lowest BCUT2D eigenvalue weighted by molar-refractivity contribution is -0.116. The van der Waals surface area contributed by atoms with Crippen molar-refractivity contribution in [2.45, 2.75) is 28.9 Å². The summed E-state index contributed by atoms with van der Waals surface area (Å²) >= 11 is 4.97. The van der Waals surface area contributed by atoms with Gasteiger partial charge < -0.3 is 4.90 Å². The van der Waals surface area contributed by atoms with Crippen molar-refractivity contribution < 1.29 is 13.2 Å². The highest BCUT2D eigenvalue weighted by molar-refractivity contribution is 9.10. The normalized spacial score (nSPS) is 17.1. The molecule has 132 valence electrons. The van der Waals surface area contributed by atoms with Gasteiger partial charge in [-0.3, -0.25) is 9.52 Å². The van der Waals surface area contributed by atoms with Gasteiger partial charge in [0.2, 0.25) is 5.91 Å². The SMILES string of the molecule is CC(=O)N1CC(C)Sc2ccc(S(=O)(=O)Nc3cccc(Br)c3)cc21. The zero-order chi connectivity index (χ0) is 18.2. The zero-order valence-electron chi connectivity index (χ0n) is 13.7. The molecule has 0 aromatic heterocycles. The Kier molecular flexibility index (Phi) is 5.13. The molecule has 0 fully saturated rings. The number of carbonyl (C=O) groups excluding carboxylic acids is 1. The van der Waals surface area contributed by atoms with Gasteiger partial charge in [0.05, 0.1) is 10.6 Å². The van der Waals surface area contributed by atoms with Crippen LogP contribution >= 0.6 is 27.7 Å². The van der Waals surface area contributed by atoms with Crippen molar-refractivity contribution in [1.29, 1.82) is 0 Å². The summed E-state index contributed by atoms with van der Waals surface area (Å²) in [5, 5.41) is 0.263. The summed E-state index contributed by atoms with van der Waals surface area (Å²) in [6, 6.07) is 11.8. The maximum Gasteiger partial charge on any atom is 0.261 e. The molecule has 0 aliphatic carbocycles. The molecule has 2 aromatic carbocycles. The minimum absolute atomic E-state index is 0.0945. The van der Waals surface area contributed by atoms with E-state index in [1.54, 1.807) is 53.1 Å². The van der Waals surface area contributed by atoms with Gasteiger partial charge in [-0.05, 0) is 36.4 Å². The predicted octanol–water partition coefficient (Wildman–Crippen LogP) is 4.10. The second kappa shape index (κ2) is 7.01. The van der Waals surface area contributed by atoms with Gasteiger partial charge in [0, 0.05) is 33.8 Å². The standard InChI is InChI=1S/C17H17BrN2O3S2/c1-11-10-20(12(2)21)16-9-15(6-7-17(16)24-11)25(22,23)19-14-5-3-4-13(18)8-14/h3-9,11,19H,10H2,1-2H3. The Morgan fingerprint density at radius 2 is 2.04 bits per heavy atom. The van der Waals surface area contributed by atoms with Crippen LogP contribution in [0.3, 0.4) is 0 Å². The third kappa shape index (κ3) is 4.02. The van der Waals surface area contributed by atoms with Crippen LogP contribution in [-0.4, -0.2) is 26.1 Å². The number of fused-ring (bicyclic) bond motifs is 1.